The summed E-state index contributed by atoms with van der Waals surface area (Å²) in [6, 6.07) is 8.63. The molecule has 0 aliphatic carbocycles. The highest BCUT2D eigenvalue weighted by atomic mass is 79.9. The van der Waals surface area contributed by atoms with Gasteiger partial charge >= 0.3 is 0 Å². The third-order valence-electron chi connectivity index (χ3n) is 2.75. The number of nitrogens with one attached hydrogen (secondary N) is 1. The number of primary amides is 1. The second kappa shape index (κ2) is 5.82. The predicted molar refractivity (Wildman–Crippen MR) is 82.4 cm³/mol. The number of aryl methyl sites for hydroxylation is 1. The molecule has 0 aliphatic heterocycles. The van der Waals surface area contributed by atoms with E-state index < -0.39 is 15.9 Å². The fraction of sp³-hybridized carbons (Fsp3) is 0.0769. The number of carbonyl (C=O) groups excluding carboxylic acids is 1. The minimum Gasteiger partial charge on any atom is -0.366 e. The lowest BCUT2D eigenvalue weighted by molar-refractivity contribution is 0.1000. The first-order valence-corrected chi connectivity index (χ1v) is 8.13. The van der Waals surface area contributed by atoms with Crippen LogP contribution in [0.25, 0.3) is 0 Å². The quantitative estimate of drug-likeness (QED) is 0.804. The van der Waals surface area contributed by atoms with Gasteiger partial charge in [-0.15, -0.1) is 0 Å². The number of benzene rings is 1. The monoisotopic (exact) mass is 369 g/mol. The van der Waals surface area contributed by atoms with E-state index in [2.05, 4.69) is 25.6 Å². The van der Waals surface area contributed by atoms with Crippen LogP contribution in [-0.4, -0.2) is 19.3 Å². The Morgan fingerprint density at radius 1 is 1.19 bits per heavy atom. The highest BCUT2D eigenvalue weighted by molar-refractivity contribution is 9.10. The first-order chi connectivity index (χ1) is 9.79. The van der Waals surface area contributed by atoms with Crippen LogP contribution in [0.2, 0.25) is 0 Å². The van der Waals surface area contributed by atoms with Crippen molar-refractivity contribution in [1.82, 2.24) is 4.98 Å². The van der Waals surface area contributed by atoms with Crippen LogP contribution >= 0.6 is 15.9 Å². The molecular weight excluding hydrogens is 358 g/mol. The van der Waals surface area contributed by atoms with Crippen molar-refractivity contribution in [3.63, 3.8) is 0 Å². The van der Waals surface area contributed by atoms with Crippen molar-refractivity contribution in [1.29, 1.82) is 0 Å². The van der Waals surface area contributed by atoms with E-state index in [4.69, 9.17) is 5.73 Å². The van der Waals surface area contributed by atoms with Crippen LogP contribution in [0.3, 0.4) is 0 Å². The first-order valence-electron chi connectivity index (χ1n) is 5.85. The summed E-state index contributed by atoms with van der Waals surface area (Å²) in [4.78, 5) is 15.1. The van der Waals surface area contributed by atoms with Crippen LogP contribution in [-0.2, 0) is 10.0 Å². The predicted octanol–water partition coefficient (Wildman–Crippen LogP) is 2.05. The Hall–Kier alpha value is -1.93. The second-order valence-electron chi connectivity index (χ2n) is 4.26. The van der Waals surface area contributed by atoms with Crippen LogP contribution < -0.4 is 10.5 Å². The van der Waals surface area contributed by atoms with E-state index in [0.29, 0.717) is 16.0 Å². The van der Waals surface area contributed by atoms with Crippen molar-refractivity contribution in [3.8, 4) is 0 Å². The smallest absolute Gasteiger partial charge is 0.261 e. The largest absolute Gasteiger partial charge is 0.366 e. The zero-order valence-electron chi connectivity index (χ0n) is 11.0. The van der Waals surface area contributed by atoms with E-state index in [1.807, 2.05) is 0 Å². The van der Waals surface area contributed by atoms with Crippen LogP contribution in [0.4, 0.5) is 5.69 Å². The molecule has 8 heteroatoms. The maximum atomic E-state index is 12.3. The van der Waals surface area contributed by atoms with Gasteiger partial charge in [0, 0.05) is 5.56 Å². The summed E-state index contributed by atoms with van der Waals surface area (Å²) < 4.78 is 27.6. The van der Waals surface area contributed by atoms with E-state index in [1.54, 1.807) is 19.1 Å². The van der Waals surface area contributed by atoms with E-state index in [0.717, 1.165) is 0 Å². The molecule has 0 unspecified atom stereocenters. The third-order valence-corrected chi connectivity index (χ3v) is 4.57. The lowest BCUT2D eigenvalue weighted by Gasteiger charge is -2.10. The van der Waals surface area contributed by atoms with Gasteiger partial charge in [-0.25, -0.2) is 13.4 Å². The second-order valence-corrected chi connectivity index (χ2v) is 6.76. The number of carbonyl (C=O) groups is 1. The number of halogens is 1. The lowest BCUT2D eigenvalue weighted by atomic mass is 10.2. The molecule has 1 heterocycles. The average molecular weight is 370 g/mol. The summed E-state index contributed by atoms with van der Waals surface area (Å²) in [6.45, 7) is 1.69. The van der Waals surface area contributed by atoms with Gasteiger partial charge in [-0.2, -0.15) is 0 Å². The van der Waals surface area contributed by atoms with Crippen molar-refractivity contribution in [2.24, 2.45) is 5.73 Å². The number of anilines is 1. The van der Waals surface area contributed by atoms with Gasteiger partial charge in [0.25, 0.3) is 10.0 Å². The molecule has 0 aliphatic rings. The summed E-state index contributed by atoms with van der Waals surface area (Å²) in [5, 5.41) is 0. The number of sulfonamides is 1. The Balaban J connectivity index is 2.31. The number of rotatable bonds is 4. The zero-order valence-corrected chi connectivity index (χ0v) is 13.4. The number of nitrogens with two attached hydrogens (primary N) is 1. The minimum atomic E-state index is -3.75. The van der Waals surface area contributed by atoms with E-state index in [1.165, 1.54) is 24.3 Å². The molecule has 0 saturated carbocycles. The molecule has 0 fully saturated rings. The van der Waals surface area contributed by atoms with Crippen molar-refractivity contribution in [2.75, 3.05) is 4.72 Å². The normalized spacial score (nSPS) is 11.1. The Kier molecular flexibility index (Phi) is 4.29. The molecule has 0 atom stereocenters. The highest BCUT2D eigenvalue weighted by Gasteiger charge is 2.16. The van der Waals surface area contributed by atoms with E-state index in [-0.39, 0.29) is 10.5 Å². The highest BCUT2D eigenvalue weighted by Crippen LogP contribution is 2.20. The van der Waals surface area contributed by atoms with Crippen LogP contribution in [0.5, 0.6) is 0 Å². The fourth-order valence-electron chi connectivity index (χ4n) is 1.64. The molecule has 6 nitrogen and oxygen atoms in total. The number of aromatic nitrogens is 1. The first kappa shape index (κ1) is 15.5. The van der Waals surface area contributed by atoms with Crippen LogP contribution in [0.15, 0.2) is 45.9 Å². The van der Waals surface area contributed by atoms with Crippen molar-refractivity contribution < 1.29 is 13.2 Å². The SMILES string of the molecule is Cc1nc(Br)ccc1NS(=O)(=O)c1ccc(C(N)=O)cc1. The zero-order chi connectivity index (χ0) is 15.6. The van der Waals surface area contributed by atoms with Gasteiger partial charge < -0.3 is 5.73 Å². The van der Waals surface area contributed by atoms with E-state index in [9.17, 15) is 13.2 Å². The molecule has 0 radical (unpaired) electrons. The topological polar surface area (TPSA) is 102 Å². The molecule has 3 N–H and O–H groups in total. The number of amides is 1. The van der Waals surface area contributed by atoms with Gasteiger partial charge in [0.15, 0.2) is 0 Å². The van der Waals surface area contributed by atoms with Crippen LogP contribution in [0.1, 0.15) is 16.1 Å². The number of hydrogen-bond donors (Lipinski definition) is 2. The van der Waals surface area contributed by atoms with E-state index >= 15 is 0 Å². The summed E-state index contributed by atoms with van der Waals surface area (Å²) in [5.41, 5.74) is 6.29. The van der Waals surface area contributed by atoms with Gasteiger partial charge in [-0.1, -0.05) is 0 Å². The third kappa shape index (κ3) is 3.59. The number of hydrogen-bond acceptors (Lipinski definition) is 4. The standard InChI is InChI=1S/C13H12BrN3O3S/c1-8-11(6-7-12(14)16-8)17-21(19,20)10-4-2-9(3-5-10)13(15)18/h2-7,17H,1H3,(H2,15,18). The maximum Gasteiger partial charge on any atom is 0.261 e. The molecule has 1 aromatic carbocycles. The molecule has 21 heavy (non-hydrogen) atoms. The van der Waals surface area contributed by atoms with Crippen molar-refractivity contribution >= 4 is 37.5 Å². The molecule has 1 aromatic heterocycles. The summed E-state index contributed by atoms with van der Waals surface area (Å²) in [7, 11) is -3.75. The Labute approximate surface area is 130 Å². The molecule has 110 valence electrons. The Bertz CT molecular complexity index is 789. The van der Waals surface area contributed by atoms with Gasteiger partial charge in [0.05, 0.1) is 16.3 Å². The minimum absolute atomic E-state index is 0.0369. The van der Waals surface area contributed by atoms with Gasteiger partial charge in [-0.05, 0) is 59.3 Å². The summed E-state index contributed by atoms with van der Waals surface area (Å²) >= 11 is 3.21. The van der Waals surface area contributed by atoms with Crippen LogP contribution in [0, 0.1) is 6.92 Å². The number of pyridine rings is 1. The molecule has 1 amide bonds. The fourth-order valence-corrected chi connectivity index (χ4v) is 3.16. The maximum absolute atomic E-state index is 12.3. The molecule has 0 spiro atoms. The number of nitrogens with zero attached hydrogens (tertiary/aromatic N) is 1. The Morgan fingerprint density at radius 3 is 2.33 bits per heavy atom. The van der Waals surface area contributed by atoms with Gasteiger partial charge in [0.2, 0.25) is 5.91 Å². The van der Waals surface area contributed by atoms with Gasteiger partial charge in [-0.3, -0.25) is 9.52 Å². The molecule has 0 bridgehead atoms. The average Bonchev–Trinajstić information content (AvgIpc) is 2.42. The molecule has 2 aromatic rings. The van der Waals surface area contributed by atoms with Gasteiger partial charge in [0.1, 0.15) is 4.60 Å². The molecule has 2 rings (SSSR count). The molecular formula is C13H12BrN3O3S. The summed E-state index contributed by atoms with van der Waals surface area (Å²) in [6.07, 6.45) is 0. The van der Waals surface area contributed by atoms with Crippen molar-refractivity contribution in [3.05, 3.63) is 52.3 Å². The summed E-state index contributed by atoms with van der Waals surface area (Å²) in [5.74, 6) is -0.611. The molecule has 0 saturated heterocycles. The lowest BCUT2D eigenvalue weighted by Crippen LogP contribution is -2.15. The van der Waals surface area contributed by atoms with Crippen molar-refractivity contribution in [2.45, 2.75) is 11.8 Å². The Morgan fingerprint density at radius 2 is 1.81 bits per heavy atom.